The first-order valence-corrected chi connectivity index (χ1v) is 6.25. The number of ether oxygens (including phenoxy) is 2. The zero-order valence-electron chi connectivity index (χ0n) is 11.6. The second-order valence-electron chi connectivity index (χ2n) is 4.07. The molecule has 19 heavy (non-hydrogen) atoms. The lowest BCUT2D eigenvalue weighted by atomic mass is 10.2. The molecule has 5 nitrogen and oxygen atoms in total. The Hall–Kier alpha value is -2.04. The van der Waals surface area contributed by atoms with Gasteiger partial charge in [0, 0.05) is 5.71 Å². The Kier molecular flexibility index (Phi) is 6.43. The Balaban J connectivity index is 2.44. The van der Waals surface area contributed by atoms with E-state index < -0.39 is 0 Å². The Labute approximate surface area is 113 Å². The third-order valence-corrected chi connectivity index (χ3v) is 2.41. The first kappa shape index (κ1) is 15.0. The zero-order valence-corrected chi connectivity index (χ0v) is 11.6. The van der Waals surface area contributed by atoms with E-state index >= 15 is 0 Å². The highest BCUT2D eigenvalue weighted by atomic mass is 16.5. The lowest BCUT2D eigenvalue weighted by molar-refractivity contribution is -0.123. The van der Waals surface area contributed by atoms with Crippen molar-refractivity contribution >= 4 is 11.6 Å². The molecule has 0 bridgehead atoms. The molecule has 0 saturated heterocycles. The van der Waals surface area contributed by atoms with Gasteiger partial charge in [-0.15, -0.1) is 0 Å². The Morgan fingerprint density at radius 3 is 2.63 bits per heavy atom. The Morgan fingerprint density at radius 1 is 1.32 bits per heavy atom. The largest absolute Gasteiger partial charge is 0.493 e. The van der Waals surface area contributed by atoms with Crippen molar-refractivity contribution in [3.05, 3.63) is 24.3 Å². The van der Waals surface area contributed by atoms with Crippen LogP contribution in [0.2, 0.25) is 0 Å². The van der Waals surface area contributed by atoms with Crippen molar-refractivity contribution in [1.29, 1.82) is 0 Å². The predicted molar refractivity (Wildman–Crippen MR) is 74.6 cm³/mol. The van der Waals surface area contributed by atoms with Crippen molar-refractivity contribution in [2.75, 3.05) is 13.7 Å². The van der Waals surface area contributed by atoms with Gasteiger partial charge in [0.2, 0.25) is 0 Å². The Bertz CT molecular complexity index is 444. The molecule has 1 rings (SSSR count). The van der Waals surface area contributed by atoms with E-state index in [0.717, 1.165) is 18.6 Å². The number of hydrogen-bond acceptors (Lipinski definition) is 4. The fourth-order valence-electron chi connectivity index (χ4n) is 1.49. The molecule has 0 aliphatic carbocycles. The number of nitrogens with one attached hydrogen (secondary N) is 1. The molecule has 0 aliphatic rings. The van der Waals surface area contributed by atoms with Crippen LogP contribution >= 0.6 is 0 Å². The summed E-state index contributed by atoms with van der Waals surface area (Å²) in [6.07, 6.45) is 1.87. The molecule has 0 unspecified atom stereocenters. The standard InChI is InChI=1S/C14H20N2O3/c1-4-7-11(2)15-16-14(17)10-19-13-9-6-5-8-12(13)18-3/h5-6,8-9H,4,7,10H2,1-3H3,(H,16,17)/b15-11+. The number of carbonyl (C=O) groups is 1. The van der Waals surface area contributed by atoms with E-state index in [-0.39, 0.29) is 12.5 Å². The highest BCUT2D eigenvalue weighted by Gasteiger charge is 2.06. The summed E-state index contributed by atoms with van der Waals surface area (Å²) in [5.74, 6) is 0.844. The molecule has 0 aromatic heterocycles. The average molecular weight is 264 g/mol. The monoisotopic (exact) mass is 264 g/mol. The molecule has 0 fully saturated rings. The molecular weight excluding hydrogens is 244 g/mol. The number of hydrogen-bond donors (Lipinski definition) is 1. The Morgan fingerprint density at radius 2 is 2.00 bits per heavy atom. The van der Waals surface area contributed by atoms with Crippen molar-refractivity contribution in [2.45, 2.75) is 26.7 Å². The number of rotatable bonds is 7. The number of methoxy groups -OCH3 is 1. The van der Waals surface area contributed by atoms with Crippen molar-refractivity contribution < 1.29 is 14.3 Å². The van der Waals surface area contributed by atoms with Crippen LogP contribution in [0.25, 0.3) is 0 Å². The molecule has 104 valence electrons. The lowest BCUT2D eigenvalue weighted by Crippen LogP contribution is -2.25. The number of amides is 1. The minimum Gasteiger partial charge on any atom is -0.493 e. The zero-order chi connectivity index (χ0) is 14.1. The molecule has 0 spiro atoms. The normalized spacial score (nSPS) is 11.0. The minimum atomic E-state index is -0.290. The van der Waals surface area contributed by atoms with Gasteiger partial charge in [-0.2, -0.15) is 5.10 Å². The molecule has 1 N–H and O–H groups in total. The van der Waals surface area contributed by atoms with E-state index in [9.17, 15) is 4.79 Å². The van der Waals surface area contributed by atoms with Crippen LogP contribution in [0, 0.1) is 0 Å². The van der Waals surface area contributed by atoms with Gasteiger partial charge in [-0.3, -0.25) is 4.79 Å². The van der Waals surface area contributed by atoms with Gasteiger partial charge in [-0.25, -0.2) is 5.43 Å². The summed E-state index contributed by atoms with van der Waals surface area (Å²) < 4.78 is 10.5. The molecule has 0 heterocycles. The van der Waals surface area contributed by atoms with Crippen LogP contribution in [0.3, 0.4) is 0 Å². The van der Waals surface area contributed by atoms with E-state index in [0.29, 0.717) is 11.5 Å². The van der Waals surface area contributed by atoms with E-state index in [1.54, 1.807) is 19.2 Å². The number of benzene rings is 1. The van der Waals surface area contributed by atoms with Gasteiger partial charge in [0.15, 0.2) is 18.1 Å². The predicted octanol–water partition coefficient (Wildman–Crippen LogP) is 2.37. The SMILES string of the molecule is CCC/C(C)=N/NC(=O)COc1ccccc1OC. The lowest BCUT2D eigenvalue weighted by Gasteiger charge is -2.09. The van der Waals surface area contributed by atoms with Crippen molar-refractivity contribution in [2.24, 2.45) is 5.10 Å². The van der Waals surface area contributed by atoms with Crippen LogP contribution in [-0.2, 0) is 4.79 Å². The topological polar surface area (TPSA) is 59.9 Å². The summed E-state index contributed by atoms with van der Waals surface area (Å²) in [5.41, 5.74) is 3.35. The molecular formula is C14H20N2O3. The van der Waals surface area contributed by atoms with Crippen molar-refractivity contribution in [1.82, 2.24) is 5.43 Å². The quantitative estimate of drug-likeness (QED) is 0.607. The van der Waals surface area contributed by atoms with Gasteiger partial charge in [0.1, 0.15) is 0 Å². The van der Waals surface area contributed by atoms with E-state index in [1.165, 1.54) is 0 Å². The number of para-hydroxylation sites is 2. The minimum absolute atomic E-state index is 0.0940. The third-order valence-electron chi connectivity index (χ3n) is 2.41. The molecule has 0 saturated carbocycles. The van der Waals surface area contributed by atoms with Crippen LogP contribution in [-0.4, -0.2) is 25.3 Å². The number of carbonyl (C=O) groups excluding carboxylic acids is 1. The summed E-state index contributed by atoms with van der Waals surface area (Å²) in [6, 6.07) is 7.18. The van der Waals surface area contributed by atoms with E-state index in [4.69, 9.17) is 9.47 Å². The maximum absolute atomic E-state index is 11.5. The van der Waals surface area contributed by atoms with Gasteiger partial charge in [0.25, 0.3) is 5.91 Å². The first-order chi connectivity index (χ1) is 9.17. The molecule has 1 aromatic carbocycles. The molecule has 1 amide bonds. The van der Waals surface area contributed by atoms with Crippen molar-refractivity contribution in [3.63, 3.8) is 0 Å². The second kappa shape index (κ2) is 8.13. The molecule has 1 aromatic rings. The third kappa shape index (κ3) is 5.42. The maximum atomic E-state index is 11.5. The fourth-order valence-corrected chi connectivity index (χ4v) is 1.49. The van der Waals surface area contributed by atoms with E-state index in [1.807, 2.05) is 19.1 Å². The summed E-state index contributed by atoms with van der Waals surface area (Å²) in [4.78, 5) is 11.5. The van der Waals surface area contributed by atoms with Crippen LogP contribution in [0.5, 0.6) is 11.5 Å². The summed E-state index contributed by atoms with van der Waals surface area (Å²) in [6.45, 7) is 3.85. The van der Waals surface area contributed by atoms with Crippen LogP contribution in [0.1, 0.15) is 26.7 Å². The van der Waals surface area contributed by atoms with Gasteiger partial charge >= 0.3 is 0 Å². The van der Waals surface area contributed by atoms with Crippen LogP contribution < -0.4 is 14.9 Å². The average Bonchev–Trinajstić information content (AvgIpc) is 2.43. The fraction of sp³-hybridized carbons (Fsp3) is 0.429. The molecule has 0 radical (unpaired) electrons. The summed E-state index contributed by atoms with van der Waals surface area (Å²) in [7, 11) is 1.56. The summed E-state index contributed by atoms with van der Waals surface area (Å²) >= 11 is 0. The van der Waals surface area contributed by atoms with E-state index in [2.05, 4.69) is 17.5 Å². The summed E-state index contributed by atoms with van der Waals surface area (Å²) in [5, 5.41) is 3.97. The number of nitrogens with zero attached hydrogens (tertiary/aromatic N) is 1. The molecule has 0 atom stereocenters. The molecule has 5 heteroatoms. The highest BCUT2D eigenvalue weighted by molar-refractivity contribution is 5.84. The van der Waals surface area contributed by atoms with Gasteiger partial charge in [-0.1, -0.05) is 25.5 Å². The number of hydrazone groups is 1. The highest BCUT2D eigenvalue weighted by Crippen LogP contribution is 2.25. The van der Waals surface area contributed by atoms with Crippen molar-refractivity contribution in [3.8, 4) is 11.5 Å². The van der Waals surface area contributed by atoms with Gasteiger partial charge < -0.3 is 9.47 Å². The van der Waals surface area contributed by atoms with Gasteiger partial charge in [0.05, 0.1) is 7.11 Å². The smallest absolute Gasteiger partial charge is 0.277 e. The maximum Gasteiger partial charge on any atom is 0.277 e. The van der Waals surface area contributed by atoms with Crippen LogP contribution in [0.4, 0.5) is 0 Å². The first-order valence-electron chi connectivity index (χ1n) is 6.25. The second-order valence-corrected chi connectivity index (χ2v) is 4.07. The van der Waals surface area contributed by atoms with Gasteiger partial charge in [-0.05, 0) is 25.5 Å². The van der Waals surface area contributed by atoms with Crippen LogP contribution in [0.15, 0.2) is 29.4 Å². The molecule has 0 aliphatic heterocycles.